The first-order valence-corrected chi connectivity index (χ1v) is 10.9. The number of allylic oxidation sites excluding steroid dienone is 2. The maximum atomic E-state index is 12.9. The third-order valence-electron chi connectivity index (χ3n) is 3.22. The lowest BCUT2D eigenvalue weighted by molar-refractivity contribution is -0.161. The fraction of sp³-hybridized carbons (Fsp3) is 0.650. The predicted molar refractivity (Wildman–Crippen MR) is 110 cm³/mol. The second-order valence-corrected chi connectivity index (χ2v) is 10.4. The molecule has 0 aromatic carbocycles. The van der Waals surface area contributed by atoms with Gasteiger partial charge in [-0.2, -0.15) is 0 Å². The maximum Gasteiger partial charge on any atom is 0.359 e. The summed E-state index contributed by atoms with van der Waals surface area (Å²) in [5.74, 6) is -0.394. The second-order valence-electron chi connectivity index (χ2n) is 8.53. The molecule has 0 N–H and O–H groups in total. The molecule has 10 heteroatoms. The van der Waals surface area contributed by atoms with Gasteiger partial charge in [0, 0.05) is 12.7 Å². The molecule has 0 radical (unpaired) electrons. The smallest absolute Gasteiger partial charge is 0.359 e. The molecule has 0 unspecified atom stereocenters. The largest absolute Gasteiger partial charge is 0.461 e. The molecule has 30 heavy (non-hydrogen) atoms. The molecule has 0 spiro atoms. The summed E-state index contributed by atoms with van der Waals surface area (Å²) in [6, 6.07) is 0. The molecular formula is C20H33O9P. The normalized spacial score (nSPS) is 13.3. The Balaban J connectivity index is 5.09. The van der Waals surface area contributed by atoms with Crippen LogP contribution in [0.5, 0.6) is 0 Å². The minimum absolute atomic E-state index is 0.0675. The zero-order valence-electron chi connectivity index (χ0n) is 19.0. The minimum Gasteiger partial charge on any atom is -0.461 e. The molecule has 0 aromatic rings. The average molecular weight is 448 g/mol. The first kappa shape index (κ1) is 28.0. The van der Waals surface area contributed by atoms with E-state index in [4.69, 9.17) is 23.3 Å². The highest BCUT2D eigenvalue weighted by Gasteiger charge is 2.28. The van der Waals surface area contributed by atoms with E-state index in [1.165, 1.54) is 13.0 Å². The van der Waals surface area contributed by atoms with Crippen LogP contribution in [-0.2, 0) is 42.2 Å². The van der Waals surface area contributed by atoms with Crippen molar-refractivity contribution in [3.05, 3.63) is 23.5 Å². The summed E-state index contributed by atoms with van der Waals surface area (Å²) in [5.41, 5.74) is -0.850. The van der Waals surface area contributed by atoms with Gasteiger partial charge >= 0.3 is 25.5 Å². The van der Waals surface area contributed by atoms with Crippen LogP contribution < -0.4 is 0 Å². The Bertz CT molecular complexity index is 673. The summed E-state index contributed by atoms with van der Waals surface area (Å²) in [6.07, 6.45) is 2.93. The number of carbonyl (C=O) groups is 3. The number of esters is 3. The van der Waals surface area contributed by atoms with Crippen LogP contribution in [-0.4, -0.2) is 38.1 Å². The molecule has 0 aliphatic rings. The zero-order chi connectivity index (χ0) is 23.6. The number of carbonyl (C=O) groups excluding carboxylic acids is 3. The number of ether oxygens (including phenoxy) is 3. The fourth-order valence-corrected chi connectivity index (χ4v) is 2.38. The lowest BCUT2D eigenvalue weighted by atomic mass is 9.98. The topological polar surface area (TPSA) is 114 Å². The van der Waals surface area contributed by atoms with Gasteiger partial charge in [0.1, 0.15) is 6.61 Å². The van der Waals surface area contributed by atoms with Crippen LogP contribution in [0.2, 0.25) is 0 Å². The molecule has 0 aliphatic carbocycles. The van der Waals surface area contributed by atoms with Crippen molar-refractivity contribution >= 4 is 25.5 Å². The molecule has 0 amide bonds. The molecule has 9 nitrogen and oxygen atoms in total. The molecule has 0 aromatic heterocycles. The van der Waals surface area contributed by atoms with Crippen LogP contribution in [0.4, 0.5) is 0 Å². The number of hydrogen-bond donors (Lipinski definition) is 0. The van der Waals surface area contributed by atoms with Crippen LogP contribution in [0.1, 0.15) is 55.4 Å². The van der Waals surface area contributed by atoms with E-state index < -0.39 is 49.9 Å². The lowest BCUT2D eigenvalue weighted by Gasteiger charge is -2.20. The van der Waals surface area contributed by atoms with Crippen LogP contribution in [0.3, 0.4) is 0 Å². The minimum atomic E-state index is -3.92. The van der Waals surface area contributed by atoms with Crippen LogP contribution >= 0.6 is 7.60 Å². The Kier molecular flexibility index (Phi) is 11.2. The summed E-state index contributed by atoms with van der Waals surface area (Å²) in [6.45, 7) is 11.8. The van der Waals surface area contributed by atoms with E-state index in [1.807, 2.05) is 0 Å². The first-order valence-electron chi connectivity index (χ1n) is 9.28. The van der Waals surface area contributed by atoms with E-state index in [0.717, 1.165) is 5.82 Å². The quantitative estimate of drug-likeness (QED) is 0.158. The van der Waals surface area contributed by atoms with E-state index in [2.05, 4.69) is 0 Å². The molecule has 0 bridgehead atoms. The molecule has 172 valence electrons. The second kappa shape index (κ2) is 12.0. The average Bonchev–Trinajstić information content (AvgIpc) is 2.58. The van der Waals surface area contributed by atoms with Gasteiger partial charge in [0.25, 0.3) is 0 Å². The summed E-state index contributed by atoms with van der Waals surface area (Å²) >= 11 is 0. The third-order valence-corrected chi connectivity index (χ3v) is 4.69. The highest BCUT2D eigenvalue weighted by molar-refractivity contribution is 7.57. The van der Waals surface area contributed by atoms with E-state index in [0.29, 0.717) is 5.57 Å². The summed E-state index contributed by atoms with van der Waals surface area (Å²) in [4.78, 5) is 34.5. The predicted octanol–water partition coefficient (Wildman–Crippen LogP) is 4.33. The maximum absolute atomic E-state index is 12.9. The lowest BCUT2D eigenvalue weighted by Crippen LogP contribution is -2.24. The molecule has 0 aliphatic heterocycles. The summed E-state index contributed by atoms with van der Waals surface area (Å²) in [5, 5.41) is 0. The Hall–Kier alpha value is -1.96. The summed E-state index contributed by atoms with van der Waals surface area (Å²) < 4.78 is 37.9. The van der Waals surface area contributed by atoms with E-state index in [1.54, 1.807) is 54.5 Å². The van der Waals surface area contributed by atoms with Crippen molar-refractivity contribution < 1.29 is 42.2 Å². The van der Waals surface area contributed by atoms with Crippen molar-refractivity contribution in [3.63, 3.8) is 0 Å². The van der Waals surface area contributed by atoms with Gasteiger partial charge in [-0.3, -0.25) is 28.0 Å². The molecule has 0 heterocycles. The molecule has 0 saturated carbocycles. The molecule has 0 fully saturated rings. The van der Waals surface area contributed by atoms with Crippen LogP contribution in [0, 0.1) is 10.8 Å². The standard InChI is InChI=1S/C20H33O9P/c1-15(12-25-16(2)21)10-9-11-30(24,28-13-26-17(22)19(3,4)5)29-14-27-18(23)20(6,7)8/h9-11H,12-14H2,1-8H3/b11-9+,15-10+. The van der Waals surface area contributed by atoms with Gasteiger partial charge in [-0.25, -0.2) is 0 Å². The van der Waals surface area contributed by atoms with Gasteiger partial charge in [-0.05, 0) is 54.0 Å². The van der Waals surface area contributed by atoms with Gasteiger partial charge in [-0.1, -0.05) is 12.2 Å². The van der Waals surface area contributed by atoms with E-state index in [9.17, 15) is 18.9 Å². The van der Waals surface area contributed by atoms with Crippen molar-refractivity contribution in [2.24, 2.45) is 10.8 Å². The molecular weight excluding hydrogens is 415 g/mol. The van der Waals surface area contributed by atoms with Crippen LogP contribution in [0.15, 0.2) is 23.5 Å². The fourth-order valence-electron chi connectivity index (χ4n) is 1.44. The Morgan fingerprint density at radius 1 is 0.800 bits per heavy atom. The highest BCUT2D eigenvalue weighted by Crippen LogP contribution is 2.50. The van der Waals surface area contributed by atoms with Crippen molar-refractivity contribution in [1.29, 1.82) is 0 Å². The van der Waals surface area contributed by atoms with Gasteiger partial charge in [0.15, 0.2) is 0 Å². The zero-order valence-corrected chi connectivity index (χ0v) is 19.9. The van der Waals surface area contributed by atoms with E-state index in [-0.39, 0.29) is 6.61 Å². The first-order chi connectivity index (χ1) is 13.6. The number of rotatable bonds is 10. The van der Waals surface area contributed by atoms with Gasteiger partial charge < -0.3 is 14.2 Å². The third kappa shape index (κ3) is 12.6. The monoisotopic (exact) mass is 448 g/mol. The Morgan fingerprint density at radius 3 is 1.60 bits per heavy atom. The SMILES string of the molecule is CC(=O)OC/C(C)=C/C=C/P(=O)(OCOC(=O)C(C)(C)C)OCOC(=O)C(C)(C)C. The number of hydrogen-bond acceptors (Lipinski definition) is 9. The van der Waals surface area contributed by atoms with Crippen molar-refractivity contribution in [2.45, 2.75) is 55.4 Å². The van der Waals surface area contributed by atoms with Gasteiger partial charge in [-0.15, -0.1) is 0 Å². The van der Waals surface area contributed by atoms with Gasteiger partial charge in [0.05, 0.1) is 10.8 Å². The summed E-state index contributed by atoms with van der Waals surface area (Å²) in [7, 11) is -3.92. The van der Waals surface area contributed by atoms with E-state index >= 15 is 0 Å². The highest BCUT2D eigenvalue weighted by atomic mass is 31.2. The van der Waals surface area contributed by atoms with Crippen molar-refractivity contribution in [2.75, 3.05) is 20.2 Å². The van der Waals surface area contributed by atoms with Crippen molar-refractivity contribution in [3.8, 4) is 0 Å². The molecule has 0 rings (SSSR count). The van der Waals surface area contributed by atoms with Crippen LogP contribution in [0.25, 0.3) is 0 Å². The molecule has 0 atom stereocenters. The Morgan fingerprint density at radius 2 is 1.23 bits per heavy atom. The molecule has 0 saturated heterocycles. The van der Waals surface area contributed by atoms with Gasteiger partial charge in [0.2, 0.25) is 13.6 Å². The van der Waals surface area contributed by atoms with Crippen molar-refractivity contribution in [1.82, 2.24) is 0 Å². The Labute approximate surface area is 178 Å².